The van der Waals surface area contributed by atoms with E-state index in [4.69, 9.17) is 9.47 Å². The van der Waals surface area contributed by atoms with Crippen molar-refractivity contribution >= 4 is 33.6 Å². The van der Waals surface area contributed by atoms with E-state index >= 15 is 0 Å². The number of rotatable bonds is 3. The van der Waals surface area contributed by atoms with Crippen LogP contribution >= 0.6 is 15.9 Å². The summed E-state index contributed by atoms with van der Waals surface area (Å²) in [5.41, 5.74) is -0.0873. The SMILES string of the molecule is COC(=O)C1=C(C(=O)OC)N(c2cc(F)c(Br)cc2C#N)COC1. The summed E-state index contributed by atoms with van der Waals surface area (Å²) >= 11 is 3.00. The number of ether oxygens (including phenoxy) is 3. The average molecular weight is 399 g/mol. The zero-order chi connectivity index (χ0) is 17.9. The second-order valence-electron chi connectivity index (χ2n) is 4.61. The molecule has 1 aromatic rings. The van der Waals surface area contributed by atoms with E-state index in [1.165, 1.54) is 11.0 Å². The fourth-order valence-electron chi connectivity index (χ4n) is 2.18. The average Bonchev–Trinajstić information content (AvgIpc) is 2.61. The second-order valence-corrected chi connectivity index (χ2v) is 5.47. The predicted octanol–water partition coefficient (Wildman–Crippen LogP) is 1.85. The van der Waals surface area contributed by atoms with Crippen LogP contribution in [0.1, 0.15) is 5.56 Å². The lowest BCUT2D eigenvalue weighted by Crippen LogP contribution is -2.39. The van der Waals surface area contributed by atoms with Crippen LogP contribution in [0.3, 0.4) is 0 Å². The van der Waals surface area contributed by atoms with Crippen LogP contribution in [0.5, 0.6) is 0 Å². The van der Waals surface area contributed by atoms with E-state index < -0.39 is 17.8 Å². The smallest absolute Gasteiger partial charge is 0.355 e. The molecule has 0 atom stereocenters. The Morgan fingerprint density at radius 3 is 2.58 bits per heavy atom. The van der Waals surface area contributed by atoms with Gasteiger partial charge in [0.1, 0.15) is 24.3 Å². The summed E-state index contributed by atoms with van der Waals surface area (Å²) in [7, 11) is 2.30. The minimum atomic E-state index is -0.828. The van der Waals surface area contributed by atoms with E-state index in [2.05, 4.69) is 20.7 Å². The lowest BCUT2D eigenvalue weighted by Gasteiger charge is -2.31. The summed E-state index contributed by atoms with van der Waals surface area (Å²) in [5.74, 6) is -2.25. The van der Waals surface area contributed by atoms with Crippen molar-refractivity contribution in [3.63, 3.8) is 0 Å². The summed E-state index contributed by atoms with van der Waals surface area (Å²) in [5, 5.41) is 9.28. The summed E-state index contributed by atoms with van der Waals surface area (Å²) in [6.07, 6.45) is 0. The molecule has 1 aliphatic heterocycles. The van der Waals surface area contributed by atoms with Gasteiger partial charge in [-0.25, -0.2) is 14.0 Å². The number of anilines is 1. The molecule has 0 saturated carbocycles. The minimum absolute atomic E-state index is 0.0692. The molecule has 0 saturated heterocycles. The van der Waals surface area contributed by atoms with Crippen molar-refractivity contribution in [2.75, 3.05) is 32.5 Å². The zero-order valence-electron chi connectivity index (χ0n) is 12.8. The van der Waals surface area contributed by atoms with Crippen molar-refractivity contribution in [2.24, 2.45) is 0 Å². The number of hydrogen-bond acceptors (Lipinski definition) is 7. The molecule has 126 valence electrons. The van der Waals surface area contributed by atoms with Crippen LogP contribution in [0.25, 0.3) is 0 Å². The monoisotopic (exact) mass is 398 g/mol. The Hall–Kier alpha value is -2.44. The van der Waals surface area contributed by atoms with Crippen molar-refractivity contribution in [3.8, 4) is 6.07 Å². The van der Waals surface area contributed by atoms with Crippen molar-refractivity contribution in [2.45, 2.75) is 0 Å². The maximum atomic E-state index is 13.9. The molecule has 0 N–H and O–H groups in total. The molecule has 0 amide bonds. The third-order valence-electron chi connectivity index (χ3n) is 3.28. The summed E-state index contributed by atoms with van der Waals surface area (Å²) in [6.45, 7) is -0.338. The molecular formula is C15H12BrFN2O5. The number of carbonyl (C=O) groups is 2. The number of hydrogen-bond donors (Lipinski definition) is 0. The summed E-state index contributed by atoms with van der Waals surface area (Å²) in [4.78, 5) is 25.3. The molecule has 9 heteroatoms. The maximum Gasteiger partial charge on any atom is 0.355 e. The van der Waals surface area contributed by atoms with E-state index in [-0.39, 0.29) is 40.3 Å². The van der Waals surface area contributed by atoms with Crippen molar-refractivity contribution in [3.05, 3.63) is 39.3 Å². The Morgan fingerprint density at radius 1 is 1.33 bits per heavy atom. The van der Waals surface area contributed by atoms with Crippen LogP contribution < -0.4 is 4.90 Å². The van der Waals surface area contributed by atoms with Crippen LogP contribution in [0.2, 0.25) is 0 Å². The Kier molecular flexibility index (Phi) is 5.54. The Balaban J connectivity index is 2.68. The molecule has 0 radical (unpaired) electrons. The Bertz CT molecular complexity index is 772. The molecule has 0 bridgehead atoms. The first kappa shape index (κ1) is 17.9. The first-order valence-electron chi connectivity index (χ1n) is 6.58. The van der Waals surface area contributed by atoms with E-state index in [9.17, 15) is 19.2 Å². The van der Waals surface area contributed by atoms with Crippen LogP contribution in [0, 0.1) is 17.1 Å². The standard InChI is InChI=1S/C15H12BrFN2O5/c1-22-14(20)9-6-24-7-19(13(9)15(21)23-2)12-4-11(17)10(16)3-8(12)5-18/h3-4H,6-7H2,1-2H3. The first-order chi connectivity index (χ1) is 11.4. The van der Waals surface area contributed by atoms with Crippen molar-refractivity contribution in [1.29, 1.82) is 5.26 Å². The number of nitriles is 1. The van der Waals surface area contributed by atoms with Gasteiger partial charge in [-0.3, -0.25) is 0 Å². The highest BCUT2D eigenvalue weighted by atomic mass is 79.9. The molecule has 0 aromatic heterocycles. The van der Waals surface area contributed by atoms with Crippen LogP contribution in [0.4, 0.5) is 10.1 Å². The fraction of sp³-hybridized carbons (Fsp3) is 0.267. The third kappa shape index (κ3) is 3.25. The lowest BCUT2D eigenvalue weighted by atomic mass is 10.1. The molecule has 1 aromatic carbocycles. The highest BCUT2D eigenvalue weighted by Gasteiger charge is 2.33. The number of benzene rings is 1. The lowest BCUT2D eigenvalue weighted by molar-refractivity contribution is -0.140. The molecule has 0 aliphatic carbocycles. The van der Waals surface area contributed by atoms with E-state index in [1.807, 2.05) is 6.07 Å². The Labute approximate surface area is 145 Å². The van der Waals surface area contributed by atoms with Gasteiger partial charge >= 0.3 is 11.9 Å². The number of esters is 2. The molecule has 1 aliphatic rings. The maximum absolute atomic E-state index is 13.9. The second kappa shape index (κ2) is 7.42. The first-order valence-corrected chi connectivity index (χ1v) is 7.38. The fourth-order valence-corrected chi connectivity index (χ4v) is 2.53. The quantitative estimate of drug-likeness (QED) is 0.717. The largest absolute Gasteiger partial charge is 0.466 e. The van der Waals surface area contributed by atoms with Gasteiger partial charge in [-0.15, -0.1) is 0 Å². The highest BCUT2D eigenvalue weighted by Crippen LogP contribution is 2.32. The van der Waals surface area contributed by atoms with Crippen LogP contribution in [-0.2, 0) is 23.8 Å². The van der Waals surface area contributed by atoms with Gasteiger partial charge in [0, 0.05) is 6.07 Å². The number of nitrogens with zero attached hydrogens (tertiary/aromatic N) is 2. The van der Waals surface area contributed by atoms with Gasteiger partial charge < -0.3 is 19.1 Å². The summed E-state index contributed by atoms with van der Waals surface area (Å²) < 4.78 is 28.7. The molecule has 2 rings (SSSR count). The van der Waals surface area contributed by atoms with Crippen LogP contribution in [0.15, 0.2) is 27.9 Å². The molecular weight excluding hydrogens is 387 g/mol. The molecule has 1 heterocycles. The van der Waals surface area contributed by atoms with Gasteiger partial charge in [0.25, 0.3) is 0 Å². The molecule has 7 nitrogen and oxygen atoms in total. The molecule has 0 fully saturated rings. The van der Waals surface area contributed by atoms with Gasteiger partial charge in [0.15, 0.2) is 0 Å². The van der Waals surface area contributed by atoms with Gasteiger partial charge in [-0.1, -0.05) is 0 Å². The van der Waals surface area contributed by atoms with Crippen molar-refractivity contribution < 1.29 is 28.2 Å². The normalized spacial score (nSPS) is 14.2. The molecule has 0 spiro atoms. The van der Waals surface area contributed by atoms with Gasteiger partial charge in [-0.2, -0.15) is 5.26 Å². The van der Waals surface area contributed by atoms with E-state index in [0.29, 0.717) is 0 Å². The van der Waals surface area contributed by atoms with E-state index in [1.54, 1.807) is 0 Å². The third-order valence-corrected chi connectivity index (χ3v) is 3.89. The molecule has 24 heavy (non-hydrogen) atoms. The summed E-state index contributed by atoms with van der Waals surface area (Å²) in [6, 6.07) is 4.25. The van der Waals surface area contributed by atoms with Crippen LogP contribution in [-0.4, -0.2) is 39.5 Å². The zero-order valence-corrected chi connectivity index (χ0v) is 14.3. The topological polar surface area (TPSA) is 88.9 Å². The number of carbonyl (C=O) groups excluding carboxylic acids is 2. The van der Waals surface area contributed by atoms with Gasteiger partial charge in [0.2, 0.25) is 0 Å². The van der Waals surface area contributed by atoms with Gasteiger partial charge in [-0.05, 0) is 22.0 Å². The van der Waals surface area contributed by atoms with Gasteiger partial charge in [0.05, 0.1) is 42.1 Å². The predicted molar refractivity (Wildman–Crippen MR) is 83.2 cm³/mol. The molecule has 0 unspecified atom stereocenters. The van der Waals surface area contributed by atoms with E-state index in [0.717, 1.165) is 20.3 Å². The highest BCUT2D eigenvalue weighted by molar-refractivity contribution is 9.10. The van der Waals surface area contributed by atoms with Crippen molar-refractivity contribution in [1.82, 2.24) is 0 Å². The number of halogens is 2. The number of methoxy groups -OCH3 is 2. The minimum Gasteiger partial charge on any atom is -0.466 e. The Morgan fingerprint density at radius 2 is 2.00 bits per heavy atom.